The minimum Gasteiger partial charge on any atom is -0.393 e. The summed E-state index contributed by atoms with van der Waals surface area (Å²) in [6.07, 6.45) is 4.65. The summed E-state index contributed by atoms with van der Waals surface area (Å²) >= 11 is 0. The Balaban J connectivity index is 1.66. The first-order chi connectivity index (χ1) is 9.60. The van der Waals surface area contributed by atoms with Gasteiger partial charge in [-0.1, -0.05) is 12.1 Å². The molecule has 108 valence electrons. The molecule has 0 unspecified atom stereocenters. The van der Waals surface area contributed by atoms with Gasteiger partial charge in [-0.25, -0.2) is 4.39 Å². The molecular formula is C16H20FNO2. The van der Waals surface area contributed by atoms with E-state index < -0.39 is 5.41 Å². The third kappa shape index (κ3) is 2.57. The van der Waals surface area contributed by atoms with E-state index in [0.717, 1.165) is 44.1 Å². The standard InChI is InChI=1S/C16H20FNO2/c17-12-3-1-11(2-4-12)16(9-10-16)15(20)18-13-5-7-14(19)8-6-13/h1-4,13-14,19H,5-10H2,(H,18,20). The summed E-state index contributed by atoms with van der Waals surface area (Å²) in [5.41, 5.74) is 0.469. The predicted molar refractivity (Wildman–Crippen MR) is 73.7 cm³/mol. The number of aliphatic hydroxyl groups excluding tert-OH is 1. The van der Waals surface area contributed by atoms with Crippen LogP contribution in [-0.2, 0) is 10.2 Å². The molecule has 0 aliphatic heterocycles. The number of rotatable bonds is 3. The van der Waals surface area contributed by atoms with Crippen LogP contribution in [-0.4, -0.2) is 23.2 Å². The third-order valence-corrected chi connectivity index (χ3v) is 4.61. The van der Waals surface area contributed by atoms with Gasteiger partial charge in [0.2, 0.25) is 5.91 Å². The van der Waals surface area contributed by atoms with Crippen LogP contribution in [0.25, 0.3) is 0 Å². The monoisotopic (exact) mass is 277 g/mol. The van der Waals surface area contributed by atoms with Gasteiger partial charge in [0, 0.05) is 6.04 Å². The Labute approximate surface area is 118 Å². The zero-order chi connectivity index (χ0) is 14.2. The van der Waals surface area contributed by atoms with E-state index in [1.807, 2.05) is 0 Å². The van der Waals surface area contributed by atoms with Crippen molar-refractivity contribution in [1.82, 2.24) is 5.32 Å². The lowest BCUT2D eigenvalue weighted by molar-refractivity contribution is -0.124. The second-order valence-corrected chi connectivity index (χ2v) is 6.07. The van der Waals surface area contributed by atoms with Gasteiger partial charge < -0.3 is 10.4 Å². The topological polar surface area (TPSA) is 49.3 Å². The lowest BCUT2D eigenvalue weighted by Gasteiger charge is -2.28. The highest BCUT2D eigenvalue weighted by Crippen LogP contribution is 2.48. The quantitative estimate of drug-likeness (QED) is 0.890. The first-order valence-corrected chi connectivity index (χ1v) is 7.35. The van der Waals surface area contributed by atoms with Crippen LogP contribution < -0.4 is 5.32 Å². The van der Waals surface area contributed by atoms with Gasteiger partial charge in [0.25, 0.3) is 0 Å². The van der Waals surface area contributed by atoms with Crippen molar-refractivity contribution in [1.29, 1.82) is 0 Å². The van der Waals surface area contributed by atoms with E-state index in [9.17, 15) is 14.3 Å². The van der Waals surface area contributed by atoms with Crippen LogP contribution in [0.3, 0.4) is 0 Å². The lowest BCUT2D eigenvalue weighted by atomic mass is 9.90. The molecule has 2 aliphatic carbocycles. The molecule has 2 fully saturated rings. The number of hydrogen-bond donors (Lipinski definition) is 2. The molecule has 0 bridgehead atoms. The van der Waals surface area contributed by atoms with Crippen molar-refractivity contribution in [2.75, 3.05) is 0 Å². The summed E-state index contributed by atoms with van der Waals surface area (Å²) in [6.45, 7) is 0. The molecule has 2 saturated carbocycles. The Morgan fingerprint density at radius 3 is 2.30 bits per heavy atom. The van der Waals surface area contributed by atoms with Crippen LogP contribution in [0.1, 0.15) is 44.1 Å². The van der Waals surface area contributed by atoms with Crippen molar-refractivity contribution in [2.24, 2.45) is 0 Å². The molecule has 20 heavy (non-hydrogen) atoms. The molecule has 0 heterocycles. The van der Waals surface area contributed by atoms with Crippen LogP contribution in [0.5, 0.6) is 0 Å². The highest BCUT2D eigenvalue weighted by molar-refractivity contribution is 5.91. The molecule has 4 heteroatoms. The first kappa shape index (κ1) is 13.6. The zero-order valence-corrected chi connectivity index (χ0v) is 11.4. The normalized spacial score (nSPS) is 27.9. The fourth-order valence-electron chi connectivity index (χ4n) is 3.08. The van der Waals surface area contributed by atoms with Crippen molar-refractivity contribution < 1.29 is 14.3 Å². The molecule has 0 saturated heterocycles. The summed E-state index contributed by atoms with van der Waals surface area (Å²) in [5.74, 6) is -0.211. The van der Waals surface area contributed by atoms with E-state index in [-0.39, 0.29) is 23.9 Å². The minimum atomic E-state index is -0.441. The molecular weight excluding hydrogens is 257 g/mol. The van der Waals surface area contributed by atoms with Gasteiger partial charge in [-0.05, 0) is 56.2 Å². The van der Waals surface area contributed by atoms with E-state index in [4.69, 9.17) is 0 Å². The van der Waals surface area contributed by atoms with Gasteiger partial charge in [0.05, 0.1) is 11.5 Å². The molecule has 1 aromatic rings. The summed E-state index contributed by atoms with van der Waals surface area (Å²) in [5, 5.41) is 12.6. The number of hydrogen-bond acceptors (Lipinski definition) is 2. The van der Waals surface area contributed by atoms with Crippen molar-refractivity contribution in [2.45, 2.75) is 56.1 Å². The number of carbonyl (C=O) groups is 1. The Kier molecular flexibility index (Phi) is 3.50. The summed E-state index contributed by atoms with van der Waals surface area (Å²) in [6, 6.07) is 6.43. The van der Waals surface area contributed by atoms with E-state index in [1.54, 1.807) is 12.1 Å². The molecule has 1 amide bonds. The number of halogens is 1. The highest BCUT2D eigenvalue weighted by atomic mass is 19.1. The molecule has 3 nitrogen and oxygen atoms in total. The zero-order valence-electron chi connectivity index (χ0n) is 11.4. The average molecular weight is 277 g/mol. The highest BCUT2D eigenvalue weighted by Gasteiger charge is 2.51. The number of benzene rings is 1. The summed E-state index contributed by atoms with van der Waals surface area (Å²) < 4.78 is 13.0. The number of amides is 1. The van der Waals surface area contributed by atoms with E-state index in [1.165, 1.54) is 12.1 Å². The van der Waals surface area contributed by atoms with Gasteiger partial charge in [-0.3, -0.25) is 4.79 Å². The van der Waals surface area contributed by atoms with Gasteiger partial charge in [0.1, 0.15) is 5.82 Å². The van der Waals surface area contributed by atoms with E-state index >= 15 is 0 Å². The maximum atomic E-state index is 13.0. The Hall–Kier alpha value is -1.42. The van der Waals surface area contributed by atoms with Crippen LogP contribution in [0.2, 0.25) is 0 Å². The largest absolute Gasteiger partial charge is 0.393 e. The smallest absolute Gasteiger partial charge is 0.230 e. The van der Waals surface area contributed by atoms with Gasteiger partial charge in [0.15, 0.2) is 0 Å². The minimum absolute atomic E-state index is 0.0606. The second-order valence-electron chi connectivity index (χ2n) is 6.07. The maximum Gasteiger partial charge on any atom is 0.230 e. The van der Waals surface area contributed by atoms with Crippen molar-refractivity contribution in [3.8, 4) is 0 Å². The Morgan fingerprint density at radius 1 is 1.15 bits per heavy atom. The molecule has 0 radical (unpaired) electrons. The fraction of sp³-hybridized carbons (Fsp3) is 0.562. The lowest BCUT2D eigenvalue weighted by Crippen LogP contribution is -2.43. The maximum absolute atomic E-state index is 13.0. The van der Waals surface area contributed by atoms with Crippen molar-refractivity contribution in [3.05, 3.63) is 35.6 Å². The molecule has 2 N–H and O–H groups in total. The van der Waals surface area contributed by atoms with Crippen LogP contribution >= 0.6 is 0 Å². The van der Waals surface area contributed by atoms with E-state index in [0.29, 0.717) is 0 Å². The number of nitrogens with one attached hydrogen (secondary N) is 1. The summed E-state index contributed by atoms with van der Waals surface area (Å²) in [7, 11) is 0. The third-order valence-electron chi connectivity index (χ3n) is 4.61. The SMILES string of the molecule is O=C(NC1CCC(O)CC1)C1(c2ccc(F)cc2)CC1. The Bertz CT molecular complexity index is 488. The van der Waals surface area contributed by atoms with E-state index in [2.05, 4.69) is 5.32 Å². The molecule has 2 aliphatic rings. The van der Waals surface area contributed by atoms with Crippen LogP contribution in [0, 0.1) is 5.82 Å². The Morgan fingerprint density at radius 2 is 1.75 bits per heavy atom. The predicted octanol–water partition coefficient (Wildman–Crippen LogP) is 2.28. The molecule has 0 aromatic heterocycles. The van der Waals surface area contributed by atoms with Gasteiger partial charge >= 0.3 is 0 Å². The van der Waals surface area contributed by atoms with Crippen LogP contribution in [0.15, 0.2) is 24.3 Å². The average Bonchev–Trinajstić information content (AvgIpc) is 3.24. The molecule has 0 spiro atoms. The summed E-state index contributed by atoms with van der Waals surface area (Å²) in [4.78, 5) is 12.5. The van der Waals surface area contributed by atoms with Gasteiger partial charge in [-0.2, -0.15) is 0 Å². The number of carbonyl (C=O) groups excluding carboxylic acids is 1. The molecule has 1 aromatic carbocycles. The van der Waals surface area contributed by atoms with Crippen molar-refractivity contribution in [3.63, 3.8) is 0 Å². The second kappa shape index (κ2) is 5.17. The van der Waals surface area contributed by atoms with Crippen LogP contribution in [0.4, 0.5) is 4.39 Å². The molecule has 0 atom stereocenters. The first-order valence-electron chi connectivity index (χ1n) is 7.35. The van der Waals surface area contributed by atoms with Gasteiger partial charge in [-0.15, -0.1) is 0 Å². The number of aliphatic hydroxyl groups is 1. The fourth-order valence-corrected chi connectivity index (χ4v) is 3.08. The van der Waals surface area contributed by atoms with Crippen molar-refractivity contribution >= 4 is 5.91 Å². The molecule has 3 rings (SSSR count).